The van der Waals surface area contributed by atoms with Gasteiger partial charge in [-0.1, -0.05) is 29.8 Å². The Morgan fingerprint density at radius 1 is 1.15 bits per heavy atom. The monoisotopic (exact) mass is 446 g/mol. The van der Waals surface area contributed by atoms with E-state index in [1.165, 1.54) is 12.1 Å². The van der Waals surface area contributed by atoms with Crippen LogP contribution in [0.25, 0.3) is 12.2 Å². The molecule has 3 N–H and O–H groups in total. The number of nitrogens with two attached hydrogens (primary N) is 1. The first-order valence-electron chi connectivity index (χ1n) is 10.7. The van der Waals surface area contributed by atoms with Crippen LogP contribution in [0, 0.1) is 25.6 Å². The molecule has 1 aliphatic rings. The number of pyridine rings is 1. The van der Waals surface area contributed by atoms with Gasteiger partial charge in [0.1, 0.15) is 17.5 Å². The molecule has 1 fully saturated rings. The number of hydrogen-bond acceptors (Lipinski definition) is 6. The standard InChI is InChI=1S/C17H22N6.C7H7F.C2H2/c1-3-12-7-21-16(19-2)6-13(12)4-5-15-8-20-9-17(22-15)23-10-14(18)11-23;1-6-2-4-7(8)5-3-6;1-2/h3-4,6-9,14,19H,5,10-11,18H2,1-2H3;2-5H,1H3;1-2H/b12-3-,13-4-;;. The van der Waals surface area contributed by atoms with E-state index >= 15 is 0 Å². The number of rotatable bonds is 4. The highest BCUT2D eigenvalue weighted by atomic mass is 19.1. The number of terminal acetylenes is 1. The minimum atomic E-state index is -0.171. The van der Waals surface area contributed by atoms with Gasteiger partial charge in [-0.05, 0) is 42.5 Å². The lowest BCUT2D eigenvalue weighted by atomic mass is 10.1. The van der Waals surface area contributed by atoms with Crippen molar-refractivity contribution in [1.82, 2.24) is 15.0 Å². The lowest BCUT2D eigenvalue weighted by Crippen LogP contribution is -2.56. The van der Waals surface area contributed by atoms with E-state index in [0.29, 0.717) is 0 Å². The number of nitrogens with one attached hydrogen (secondary N) is 1. The first-order chi connectivity index (χ1) is 16.0. The van der Waals surface area contributed by atoms with Crippen molar-refractivity contribution in [3.63, 3.8) is 0 Å². The van der Waals surface area contributed by atoms with Crippen LogP contribution in [-0.4, -0.2) is 41.1 Å². The molecule has 6 nitrogen and oxygen atoms in total. The molecule has 3 heterocycles. The second kappa shape index (κ2) is 12.9. The zero-order valence-electron chi connectivity index (χ0n) is 19.4. The van der Waals surface area contributed by atoms with E-state index in [-0.39, 0.29) is 11.9 Å². The molecule has 3 aromatic rings. The summed E-state index contributed by atoms with van der Waals surface area (Å²) in [6, 6.07) is 8.70. The van der Waals surface area contributed by atoms with Crippen LogP contribution >= 0.6 is 0 Å². The van der Waals surface area contributed by atoms with E-state index in [1.807, 2.05) is 39.4 Å². The molecule has 0 unspecified atom stereocenters. The Labute approximate surface area is 195 Å². The summed E-state index contributed by atoms with van der Waals surface area (Å²) in [5.41, 5.74) is 7.87. The predicted octanol–water partition coefficient (Wildman–Crippen LogP) is 2.27. The SMILES string of the molecule is C#C.C/C=c1/cnc(NC)c/c1=C/Cc1cncc(N2CC(N)C2)n1.Cc1ccc(F)cc1. The lowest BCUT2D eigenvalue weighted by molar-refractivity contribution is 0.513. The Morgan fingerprint density at radius 2 is 1.85 bits per heavy atom. The molecule has 2 aromatic heterocycles. The molecule has 0 bridgehead atoms. The maximum absolute atomic E-state index is 12.1. The Hall–Kier alpha value is -3.76. The maximum atomic E-state index is 12.1. The van der Waals surface area contributed by atoms with Gasteiger partial charge in [0.05, 0.1) is 11.9 Å². The van der Waals surface area contributed by atoms with Gasteiger partial charge < -0.3 is 16.0 Å². The summed E-state index contributed by atoms with van der Waals surface area (Å²) in [5.74, 6) is 1.59. The summed E-state index contributed by atoms with van der Waals surface area (Å²) < 4.78 is 12.1. The molecule has 33 heavy (non-hydrogen) atoms. The molecular formula is C26H31FN6. The van der Waals surface area contributed by atoms with E-state index in [4.69, 9.17) is 5.73 Å². The second-order valence-electron chi connectivity index (χ2n) is 7.47. The van der Waals surface area contributed by atoms with E-state index in [0.717, 1.165) is 52.8 Å². The van der Waals surface area contributed by atoms with Crippen molar-refractivity contribution in [1.29, 1.82) is 0 Å². The molecule has 1 aliphatic heterocycles. The van der Waals surface area contributed by atoms with Gasteiger partial charge in [0, 0.05) is 45.0 Å². The third kappa shape index (κ3) is 7.70. The average Bonchev–Trinajstić information content (AvgIpc) is 2.84. The van der Waals surface area contributed by atoms with Crippen LogP contribution < -0.4 is 26.4 Å². The van der Waals surface area contributed by atoms with Crippen molar-refractivity contribution in [3.05, 3.63) is 76.4 Å². The summed E-state index contributed by atoms with van der Waals surface area (Å²) in [7, 11) is 1.87. The van der Waals surface area contributed by atoms with Crippen molar-refractivity contribution in [2.75, 3.05) is 30.4 Å². The number of benzene rings is 1. The quantitative estimate of drug-likeness (QED) is 0.599. The summed E-state index contributed by atoms with van der Waals surface area (Å²) in [6.07, 6.45) is 18.4. The Morgan fingerprint density at radius 3 is 2.42 bits per heavy atom. The van der Waals surface area contributed by atoms with Gasteiger partial charge in [-0.15, -0.1) is 12.8 Å². The summed E-state index contributed by atoms with van der Waals surface area (Å²) in [5, 5.41) is 5.33. The first-order valence-corrected chi connectivity index (χ1v) is 10.7. The van der Waals surface area contributed by atoms with Crippen LogP contribution in [0.3, 0.4) is 0 Å². The number of aromatic nitrogens is 3. The highest BCUT2D eigenvalue weighted by Crippen LogP contribution is 2.16. The minimum Gasteiger partial charge on any atom is -0.373 e. The van der Waals surface area contributed by atoms with E-state index < -0.39 is 0 Å². The van der Waals surface area contributed by atoms with Crippen LogP contribution in [0.5, 0.6) is 0 Å². The van der Waals surface area contributed by atoms with Gasteiger partial charge >= 0.3 is 0 Å². The van der Waals surface area contributed by atoms with Crippen LogP contribution in [-0.2, 0) is 6.42 Å². The predicted molar refractivity (Wildman–Crippen MR) is 135 cm³/mol. The van der Waals surface area contributed by atoms with Crippen LogP contribution in [0.15, 0.2) is 48.9 Å². The fourth-order valence-electron chi connectivity index (χ4n) is 3.13. The molecule has 1 saturated heterocycles. The number of aryl methyl sites for hydroxylation is 1. The number of hydrogen-bond donors (Lipinski definition) is 2. The summed E-state index contributed by atoms with van der Waals surface area (Å²) in [4.78, 5) is 15.5. The van der Waals surface area contributed by atoms with Crippen LogP contribution in [0.1, 0.15) is 18.2 Å². The zero-order chi connectivity index (χ0) is 24.2. The van der Waals surface area contributed by atoms with E-state index in [2.05, 4.69) is 50.2 Å². The highest BCUT2D eigenvalue weighted by molar-refractivity contribution is 5.43. The molecule has 0 saturated carbocycles. The number of anilines is 2. The van der Waals surface area contributed by atoms with Crippen molar-refractivity contribution >= 4 is 23.8 Å². The topological polar surface area (TPSA) is 80.0 Å². The van der Waals surface area contributed by atoms with E-state index in [9.17, 15) is 4.39 Å². The van der Waals surface area contributed by atoms with Crippen molar-refractivity contribution in [2.24, 2.45) is 5.73 Å². The van der Waals surface area contributed by atoms with Gasteiger partial charge in [-0.3, -0.25) is 4.98 Å². The Bertz CT molecular complexity index is 1130. The first kappa shape index (κ1) is 25.5. The molecule has 0 spiro atoms. The smallest absolute Gasteiger partial charge is 0.147 e. The van der Waals surface area contributed by atoms with Crippen LogP contribution in [0.4, 0.5) is 16.0 Å². The molecule has 1 aromatic carbocycles. The molecule has 0 amide bonds. The molecule has 4 rings (SSSR count). The van der Waals surface area contributed by atoms with E-state index in [1.54, 1.807) is 18.3 Å². The highest BCUT2D eigenvalue weighted by Gasteiger charge is 2.24. The van der Waals surface area contributed by atoms with Gasteiger partial charge in [0.2, 0.25) is 0 Å². The molecule has 0 radical (unpaired) electrons. The Kier molecular flexibility index (Phi) is 10.00. The maximum Gasteiger partial charge on any atom is 0.147 e. The van der Waals surface area contributed by atoms with Crippen molar-refractivity contribution in [3.8, 4) is 12.8 Å². The fourth-order valence-corrected chi connectivity index (χ4v) is 3.13. The van der Waals surface area contributed by atoms with Gasteiger partial charge in [0.15, 0.2) is 0 Å². The molecule has 7 heteroatoms. The summed E-state index contributed by atoms with van der Waals surface area (Å²) in [6.45, 7) is 5.65. The van der Waals surface area contributed by atoms with Crippen molar-refractivity contribution < 1.29 is 4.39 Å². The fraction of sp³-hybridized carbons (Fsp3) is 0.269. The molecule has 0 aliphatic carbocycles. The van der Waals surface area contributed by atoms with Gasteiger partial charge in [0.25, 0.3) is 0 Å². The van der Waals surface area contributed by atoms with Crippen molar-refractivity contribution in [2.45, 2.75) is 26.3 Å². The number of nitrogens with zero attached hydrogens (tertiary/aromatic N) is 4. The minimum absolute atomic E-state index is 0.171. The molecule has 172 valence electrons. The zero-order valence-corrected chi connectivity index (χ0v) is 19.4. The average molecular weight is 447 g/mol. The molecular weight excluding hydrogens is 415 g/mol. The second-order valence-corrected chi connectivity index (χ2v) is 7.47. The lowest BCUT2D eigenvalue weighted by Gasteiger charge is -2.37. The normalized spacial score (nSPS) is 13.8. The van der Waals surface area contributed by atoms with Crippen LogP contribution in [0.2, 0.25) is 0 Å². The third-order valence-corrected chi connectivity index (χ3v) is 4.98. The van der Waals surface area contributed by atoms with Gasteiger partial charge in [-0.2, -0.15) is 0 Å². The summed E-state index contributed by atoms with van der Waals surface area (Å²) >= 11 is 0. The van der Waals surface area contributed by atoms with Gasteiger partial charge in [-0.25, -0.2) is 14.4 Å². The molecule has 0 atom stereocenters. The number of halogens is 1. The largest absolute Gasteiger partial charge is 0.373 e. The Balaban J connectivity index is 0.000000323. The third-order valence-electron chi connectivity index (χ3n) is 4.98.